The highest BCUT2D eigenvalue weighted by molar-refractivity contribution is 7.47. The van der Waals surface area contributed by atoms with E-state index in [4.69, 9.17) is 18.5 Å². The van der Waals surface area contributed by atoms with Crippen molar-refractivity contribution < 1.29 is 58.3 Å². The number of hydrogen-bond acceptors (Lipinski definition) is 11. The molecule has 62 heavy (non-hydrogen) atoms. The summed E-state index contributed by atoms with van der Waals surface area (Å²) in [5.41, 5.74) is 0. The van der Waals surface area contributed by atoms with E-state index < -0.39 is 63.1 Å². The van der Waals surface area contributed by atoms with Crippen molar-refractivity contribution in [3.63, 3.8) is 0 Å². The van der Waals surface area contributed by atoms with E-state index in [-0.39, 0.29) is 13.0 Å². The fourth-order valence-electron chi connectivity index (χ4n) is 7.54. The van der Waals surface area contributed by atoms with Gasteiger partial charge in [0.05, 0.1) is 13.2 Å². The summed E-state index contributed by atoms with van der Waals surface area (Å²) in [7, 11) is -5.02. The molecule has 0 radical (unpaired) electrons. The summed E-state index contributed by atoms with van der Waals surface area (Å²) in [4.78, 5) is 23.2. The van der Waals surface area contributed by atoms with Gasteiger partial charge in [0.2, 0.25) is 0 Å². The lowest BCUT2D eigenvalue weighted by molar-refractivity contribution is -0.220. The minimum Gasteiger partial charge on any atom is -0.457 e. The third-order valence-corrected chi connectivity index (χ3v) is 12.5. The summed E-state index contributed by atoms with van der Waals surface area (Å²) < 4.78 is 34.2. The maximum Gasteiger partial charge on any atom is 0.472 e. The Bertz CT molecular complexity index is 1170. The fourth-order valence-corrected chi connectivity index (χ4v) is 8.51. The molecule has 1 aliphatic carbocycles. The van der Waals surface area contributed by atoms with Gasteiger partial charge in [-0.15, -0.1) is 0 Å². The molecule has 1 rings (SSSR count). The highest BCUT2D eigenvalue weighted by Crippen LogP contribution is 2.47. The zero-order valence-electron chi connectivity index (χ0n) is 38.9. The van der Waals surface area contributed by atoms with Crippen molar-refractivity contribution in [1.82, 2.24) is 0 Å². The molecule has 13 heteroatoms. The van der Waals surface area contributed by atoms with Crippen LogP contribution in [0.2, 0.25) is 0 Å². The van der Waals surface area contributed by atoms with Crippen molar-refractivity contribution in [1.29, 1.82) is 0 Å². The zero-order valence-corrected chi connectivity index (χ0v) is 39.8. The van der Waals surface area contributed by atoms with Crippen LogP contribution < -0.4 is 0 Å². The lowest BCUT2D eigenvalue weighted by atomic mass is 9.85. The zero-order chi connectivity index (χ0) is 45.5. The number of allylic oxidation sites excluding steroid dienone is 6. The molecule has 0 bridgehead atoms. The molecule has 0 spiro atoms. The fraction of sp³-hybridized carbons (Fsp3) is 0.857. The molecule has 364 valence electrons. The molecule has 1 fully saturated rings. The average molecular weight is 903 g/mol. The second kappa shape index (κ2) is 39.9. The molecular formula is C49H91O12P. The van der Waals surface area contributed by atoms with E-state index in [1.165, 1.54) is 116 Å². The molecule has 1 aliphatic rings. The Morgan fingerprint density at radius 2 is 0.903 bits per heavy atom. The van der Waals surface area contributed by atoms with Gasteiger partial charge in [-0.05, 0) is 51.4 Å². The van der Waals surface area contributed by atoms with Crippen LogP contribution in [-0.4, -0.2) is 98.9 Å². The van der Waals surface area contributed by atoms with E-state index in [9.17, 15) is 39.8 Å². The molecule has 6 unspecified atom stereocenters. The first kappa shape index (κ1) is 58.6. The number of carbonyl (C=O) groups excluding carboxylic acids is 1. The van der Waals surface area contributed by atoms with E-state index in [1.807, 2.05) is 0 Å². The van der Waals surface area contributed by atoms with Gasteiger partial charge >= 0.3 is 13.8 Å². The molecule has 12 nitrogen and oxygen atoms in total. The van der Waals surface area contributed by atoms with Crippen molar-refractivity contribution in [2.24, 2.45) is 0 Å². The van der Waals surface area contributed by atoms with Crippen molar-refractivity contribution in [3.8, 4) is 0 Å². The molecule has 6 atom stereocenters. The van der Waals surface area contributed by atoms with Gasteiger partial charge in [0.1, 0.15) is 42.7 Å². The Kier molecular flexibility index (Phi) is 37.7. The molecule has 0 aromatic carbocycles. The van der Waals surface area contributed by atoms with Crippen LogP contribution in [0, 0.1) is 0 Å². The Labute approximate surface area is 376 Å². The predicted octanol–water partition coefficient (Wildman–Crippen LogP) is 10.6. The van der Waals surface area contributed by atoms with Gasteiger partial charge in [-0.25, -0.2) is 4.57 Å². The monoisotopic (exact) mass is 903 g/mol. The van der Waals surface area contributed by atoms with Crippen molar-refractivity contribution in [3.05, 3.63) is 36.5 Å². The summed E-state index contributed by atoms with van der Waals surface area (Å²) in [6.45, 7) is 4.23. The first-order chi connectivity index (χ1) is 30.0. The lowest BCUT2D eigenvalue weighted by Crippen LogP contribution is -2.64. The van der Waals surface area contributed by atoms with Crippen LogP contribution in [0.15, 0.2) is 36.5 Å². The van der Waals surface area contributed by atoms with Gasteiger partial charge < -0.3 is 39.9 Å². The van der Waals surface area contributed by atoms with Gasteiger partial charge in [-0.1, -0.05) is 185 Å². The molecule has 0 aromatic rings. The van der Waals surface area contributed by atoms with Gasteiger partial charge in [0, 0.05) is 13.0 Å². The number of aliphatic hydroxyl groups is 5. The van der Waals surface area contributed by atoms with E-state index in [0.717, 1.165) is 64.2 Å². The van der Waals surface area contributed by atoms with Crippen molar-refractivity contribution in [2.45, 2.75) is 249 Å². The summed E-state index contributed by atoms with van der Waals surface area (Å²) in [6, 6.07) is 0. The minimum atomic E-state index is -5.02. The SMILES string of the molecule is CCCCC/C=C\C/C=C\C/C=C\CCCCCCCCCOCC(COP(=O)(O)OC1C(O)C(O)C(O)C(O)C1O)OC(=O)CCCCCCCCCCCCCCCCC. The van der Waals surface area contributed by atoms with Crippen LogP contribution in [0.4, 0.5) is 0 Å². The van der Waals surface area contributed by atoms with Crippen LogP contribution in [0.1, 0.15) is 206 Å². The molecule has 6 N–H and O–H groups in total. The molecular weight excluding hydrogens is 812 g/mol. The molecule has 0 aromatic heterocycles. The van der Waals surface area contributed by atoms with E-state index >= 15 is 0 Å². The number of rotatable bonds is 42. The minimum absolute atomic E-state index is 0.0810. The molecule has 0 aliphatic heterocycles. The highest BCUT2D eigenvalue weighted by Gasteiger charge is 2.51. The summed E-state index contributed by atoms with van der Waals surface area (Å²) in [5, 5.41) is 50.2. The van der Waals surface area contributed by atoms with Crippen LogP contribution in [-0.2, 0) is 27.9 Å². The van der Waals surface area contributed by atoms with Gasteiger partial charge in [0.25, 0.3) is 0 Å². The molecule has 0 heterocycles. The van der Waals surface area contributed by atoms with Crippen molar-refractivity contribution >= 4 is 13.8 Å². The number of phosphoric ester groups is 1. The Morgan fingerprint density at radius 1 is 0.516 bits per heavy atom. The summed E-state index contributed by atoms with van der Waals surface area (Å²) >= 11 is 0. The van der Waals surface area contributed by atoms with Gasteiger partial charge in [-0.2, -0.15) is 0 Å². The normalized spacial score (nSPS) is 22.3. The standard InChI is InChI=1S/C49H91O12P/c1-3-5-7-9-11-13-15-17-19-20-21-22-23-25-27-29-31-33-35-37-39-58-40-42(41-59-62(56,57)61-49-47(54)45(52)44(51)46(53)48(49)55)60-43(50)38-36-34-32-30-28-26-24-18-16-14-12-10-8-6-4-2/h11,13,17,19,21-22,42,44-49,51-55H,3-10,12,14-16,18,20,23-41H2,1-2H3,(H,56,57)/b13-11-,19-17-,22-21-. The highest BCUT2D eigenvalue weighted by atomic mass is 31.2. The first-order valence-electron chi connectivity index (χ1n) is 24.8. The van der Waals surface area contributed by atoms with Crippen LogP contribution >= 0.6 is 7.82 Å². The maximum atomic E-state index is 12.8. The third-order valence-electron chi connectivity index (χ3n) is 11.5. The van der Waals surface area contributed by atoms with E-state index in [1.54, 1.807) is 0 Å². The number of aliphatic hydroxyl groups excluding tert-OH is 5. The Balaban J connectivity index is 2.36. The topological polar surface area (TPSA) is 192 Å². The number of ether oxygens (including phenoxy) is 2. The number of phosphoric acid groups is 1. The largest absolute Gasteiger partial charge is 0.472 e. The quantitative estimate of drug-likeness (QED) is 0.0147. The van der Waals surface area contributed by atoms with Crippen LogP contribution in [0.5, 0.6) is 0 Å². The van der Waals surface area contributed by atoms with Crippen LogP contribution in [0.25, 0.3) is 0 Å². The lowest BCUT2D eigenvalue weighted by Gasteiger charge is -2.41. The number of unbranched alkanes of at least 4 members (excludes halogenated alkanes) is 24. The summed E-state index contributed by atoms with van der Waals surface area (Å²) in [5.74, 6) is -0.479. The van der Waals surface area contributed by atoms with Gasteiger partial charge in [0.15, 0.2) is 0 Å². The first-order valence-corrected chi connectivity index (χ1v) is 26.3. The summed E-state index contributed by atoms with van der Waals surface area (Å²) in [6.07, 6.45) is 34.9. The second-order valence-corrected chi connectivity index (χ2v) is 18.7. The number of hydrogen-bond donors (Lipinski definition) is 6. The van der Waals surface area contributed by atoms with Gasteiger partial charge in [-0.3, -0.25) is 13.8 Å². The third kappa shape index (κ3) is 31.4. The smallest absolute Gasteiger partial charge is 0.457 e. The number of esters is 1. The maximum absolute atomic E-state index is 12.8. The molecule has 0 saturated heterocycles. The second-order valence-electron chi connectivity index (χ2n) is 17.3. The Hall–Kier alpha value is -1.44. The molecule has 1 saturated carbocycles. The average Bonchev–Trinajstić information content (AvgIpc) is 3.26. The Morgan fingerprint density at radius 3 is 1.40 bits per heavy atom. The molecule has 0 amide bonds. The predicted molar refractivity (Wildman–Crippen MR) is 249 cm³/mol. The van der Waals surface area contributed by atoms with Crippen LogP contribution in [0.3, 0.4) is 0 Å². The van der Waals surface area contributed by atoms with E-state index in [2.05, 4.69) is 50.3 Å². The van der Waals surface area contributed by atoms with Crippen molar-refractivity contribution in [2.75, 3.05) is 19.8 Å². The number of carbonyl (C=O) groups is 1. The van der Waals surface area contributed by atoms with E-state index in [0.29, 0.717) is 13.0 Å².